The minimum Gasteiger partial charge on any atom is -0.278 e. The van der Waals surface area contributed by atoms with E-state index in [-0.39, 0.29) is 0 Å². The second kappa shape index (κ2) is 12.0. The molecule has 0 saturated heterocycles. The molecule has 7 heteroatoms. The Morgan fingerprint density at radius 3 is 1.96 bits per heavy atom. The molecule has 0 saturated carbocycles. The van der Waals surface area contributed by atoms with Crippen molar-refractivity contribution >= 4 is 74.9 Å². The molecule has 11 aromatic rings. The van der Waals surface area contributed by atoms with Crippen molar-refractivity contribution in [3.05, 3.63) is 164 Å². The molecule has 7 aromatic carbocycles. The molecule has 0 bridgehead atoms. The van der Waals surface area contributed by atoms with E-state index in [0.717, 1.165) is 53.7 Å². The van der Waals surface area contributed by atoms with Crippen LogP contribution in [-0.2, 0) is 0 Å². The van der Waals surface area contributed by atoms with E-state index >= 15 is 0 Å². The van der Waals surface area contributed by atoms with Crippen LogP contribution in [0.1, 0.15) is 0 Å². The van der Waals surface area contributed by atoms with Crippen LogP contribution in [0.5, 0.6) is 0 Å². The highest BCUT2D eigenvalue weighted by Crippen LogP contribution is 2.42. The molecule has 0 unspecified atom stereocenters. The standard InChI is InChI=1S/C46H27N5S2/c1-3-12-28(13-4-1)30-22-24-39-35(26-30)32-16-7-9-20-38(32)51(39)46-49-43(29-14-5-2-6-15-29)48-44(50-46)34-18-11-17-33-36-27-31(23-25-40(36)52-42(33)34)45-47-37-19-8-10-21-41(37)53-45/h1-27H. The van der Waals surface area contributed by atoms with Crippen LogP contribution >= 0.6 is 22.7 Å². The summed E-state index contributed by atoms with van der Waals surface area (Å²) in [7, 11) is 0. The molecule has 0 atom stereocenters. The second-order valence-electron chi connectivity index (χ2n) is 13.1. The molecular weight excluding hydrogens is 687 g/mol. The van der Waals surface area contributed by atoms with Gasteiger partial charge >= 0.3 is 0 Å². The number of para-hydroxylation sites is 2. The van der Waals surface area contributed by atoms with Crippen LogP contribution < -0.4 is 0 Å². The largest absolute Gasteiger partial charge is 0.278 e. The quantitative estimate of drug-likeness (QED) is 0.178. The molecule has 4 aromatic heterocycles. The van der Waals surface area contributed by atoms with Gasteiger partial charge in [-0.2, -0.15) is 9.97 Å². The van der Waals surface area contributed by atoms with Crippen molar-refractivity contribution in [2.45, 2.75) is 0 Å². The fourth-order valence-electron chi connectivity index (χ4n) is 7.40. The normalized spacial score (nSPS) is 11.8. The summed E-state index contributed by atoms with van der Waals surface area (Å²) in [6.45, 7) is 0. The topological polar surface area (TPSA) is 56.5 Å². The Hall–Kier alpha value is -6.54. The van der Waals surface area contributed by atoms with Gasteiger partial charge in [-0.05, 0) is 59.7 Å². The predicted octanol–water partition coefficient (Wildman–Crippen LogP) is 12.6. The van der Waals surface area contributed by atoms with E-state index in [1.54, 1.807) is 22.7 Å². The number of benzene rings is 7. The van der Waals surface area contributed by atoms with Gasteiger partial charge in [0.15, 0.2) is 11.6 Å². The number of aromatic nitrogens is 5. The third-order valence-electron chi connectivity index (χ3n) is 9.91. The molecule has 0 amide bonds. The van der Waals surface area contributed by atoms with E-state index in [1.165, 1.54) is 31.3 Å². The first-order valence-corrected chi connectivity index (χ1v) is 19.1. The minimum atomic E-state index is 0.587. The van der Waals surface area contributed by atoms with Crippen LogP contribution in [0.15, 0.2) is 164 Å². The highest BCUT2D eigenvalue weighted by Gasteiger charge is 2.20. The summed E-state index contributed by atoms with van der Waals surface area (Å²) in [5, 5.41) is 5.72. The summed E-state index contributed by atoms with van der Waals surface area (Å²) in [6.07, 6.45) is 0. The lowest BCUT2D eigenvalue weighted by atomic mass is 10.0. The molecule has 0 aliphatic rings. The average molecular weight is 714 g/mol. The number of thiophene rings is 1. The van der Waals surface area contributed by atoms with Gasteiger partial charge in [0.05, 0.1) is 21.3 Å². The van der Waals surface area contributed by atoms with Crippen molar-refractivity contribution < 1.29 is 0 Å². The third kappa shape index (κ3) is 4.97. The fourth-order valence-corrected chi connectivity index (χ4v) is 9.56. The van der Waals surface area contributed by atoms with Crippen molar-refractivity contribution in [1.29, 1.82) is 0 Å². The van der Waals surface area contributed by atoms with Gasteiger partial charge in [-0.1, -0.05) is 115 Å². The fraction of sp³-hybridized carbons (Fsp3) is 0. The van der Waals surface area contributed by atoms with Gasteiger partial charge < -0.3 is 0 Å². The Balaban J connectivity index is 1.12. The molecule has 4 heterocycles. The summed E-state index contributed by atoms with van der Waals surface area (Å²) < 4.78 is 5.74. The maximum absolute atomic E-state index is 5.30. The van der Waals surface area contributed by atoms with E-state index in [1.807, 2.05) is 24.3 Å². The number of nitrogens with zero attached hydrogens (tertiary/aromatic N) is 5. The zero-order valence-electron chi connectivity index (χ0n) is 28.1. The van der Waals surface area contributed by atoms with E-state index in [0.29, 0.717) is 17.6 Å². The van der Waals surface area contributed by atoms with Crippen molar-refractivity contribution in [2.24, 2.45) is 0 Å². The van der Waals surface area contributed by atoms with Crippen LogP contribution in [0, 0.1) is 0 Å². The Kier molecular flexibility index (Phi) is 6.83. The lowest BCUT2D eigenvalue weighted by molar-refractivity contribution is 0.954. The van der Waals surface area contributed by atoms with Crippen LogP contribution in [0.3, 0.4) is 0 Å². The van der Waals surface area contributed by atoms with Crippen molar-refractivity contribution in [1.82, 2.24) is 24.5 Å². The summed E-state index contributed by atoms with van der Waals surface area (Å²) in [5.74, 6) is 1.86. The molecule has 0 spiro atoms. The van der Waals surface area contributed by atoms with Crippen molar-refractivity contribution in [3.63, 3.8) is 0 Å². The minimum absolute atomic E-state index is 0.587. The molecule has 248 valence electrons. The van der Waals surface area contributed by atoms with Crippen LogP contribution in [0.4, 0.5) is 0 Å². The zero-order valence-corrected chi connectivity index (χ0v) is 29.8. The highest BCUT2D eigenvalue weighted by atomic mass is 32.1. The monoisotopic (exact) mass is 713 g/mol. The number of thiazole rings is 1. The van der Waals surface area contributed by atoms with E-state index in [2.05, 4.69) is 144 Å². The Morgan fingerprint density at radius 1 is 0.396 bits per heavy atom. The zero-order chi connectivity index (χ0) is 34.9. The SMILES string of the molecule is c1ccc(-c2ccc3c(c2)c2ccccc2n3-c2nc(-c3ccccc3)nc(-c3cccc4c3sc3ccc(-c5nc6ccccc6s5)cc34)n2)cc1. The van der Waals surface area contributed by atoms with Crippen LogP contribution in [0.2, 0.25) is 0 Å². The van der Waals surface area contributed by atoms with E-state index in [4.69, 9.17) is 19.9 Å². The Labute approximate surface area is 312 Å². The van der Waals surface area contributed by atoms with Gasteiger partial charge in [0.2, 0.25) is 5.95 Å². The molecule has 5 nitrogen and oxygen atoms in total. The van der Waals surface area contributed by atoms with Gasteiger partial charge in [-0.25, -0.2) is 9.97 Å². The maximum Gasteiger partial charge on any atom is 0.238 e. The molecule has 0 radical (unpaired) electrons. The summed E-state index contributed by atoms with van der Waals surface area (Å²) >= 11 is 3.51. The van der Waals surface area contributed by atoms with Crippen molar-refractivity contribution in [2.75, 3.05) is 0 Å². The van der Waals surface area contributed by atoms with Gasteiger partial charge in [0.1, 0.15) is 5.01 Å². The lowest BCUT2D eigenvalue weighted by Crippen LogP contribution is -2.06. The number of fused-ring (bicyclic) bond motifs is 7. The number of rotatable bonds is 5. The first-order chi connectivity index (χ1) is 26.2. The Bertz CT molecular complexity index is 3150. The molecule has 0 N–H and O–H groups in total. The van der Waals surface area contributed by atoms with Gasteiger partial charge in [0, 0.05) is 47.6 Å². The highest BCUT2D eigenvalue weighted by molar-refractivity contribution is 7.26. The van der Waals surface area contributed by atoms with E-state index < -0.39 is 0 Å². The number of hydrogen-bond donors (Lipinski definition) is 0. The number of hydrogen-bond acceptors (Lipinski definition) is 6. The summed E-state index contributed by atoms with van der Waals surface area (Å²) in [6, 6.07) is 57.4. The molecular formula is C46H27N5S2. The maximum atomic E-state index is 5.30. The Morgan fingerprint density at radius 2 is 1.09 bits per heavy atom. The van der Waals surface area contributed by atoms with Crippen molar-refractivity contribution in [3.8, 4) is 50.4 Å². The van der Waals surface area contributed by atoms with Crippen LogP contribution in [0.25, 0.3) is 103 Å². The predicted molar refractivity (Wildman–Crippen MR) is 222 cm³/mol. The smallest absolute Gasteiger partial charge is 0.238 e. The van der Waals surface area contributed by atoms with Crippen LogP contribution in [-0.4, -0.2) is 24.5 Å². The van der Waals surface area contributed by atoms with Gasteiger partial charge in [-0.15, -0.1) is 22.7 Å². The first-order valence-electron chi connectivity index (χ1n) is 17.5. The molecule has 53 heavy (non-hydrogen) atoms. The third-order valence-corrected chi connectivity index (χ3v) is 12.2. The van der Waals surface area contributed by atoms with Gasteiger partial charge in [0.25, 0.3) is 0 Å². The molecule has 0 fully saturated rings. The molecule has 0 aliphatic heterocycles. The summed E-state index contributed by atoms with van der Waals surface area (Å²) in [5.41, 5.74) is 8.53. The summed E-state index contributed by atoms with van der Waals surface area (Å²) in [4.78, 5) is 20.6. The average Bonchev–Trinajstić information content (AvgIpc) is 3.93. The molecule has 11 rings (SSSR count). The van der Waals surface area contributed by atoms with Gasteiger partial charge in [-0.3, -0.25) is 4.57 Å². The molecule has 0 aliphatic carbocycles. The lowest BCUT2D eigenvalue weighted by Gasteiger charge is -2.11. The second-order valence-corrected chi connectivity index (χ2v) is 15.2. The first kappa shape index (κ1) is 30.1. The van der Waals surface area contributed by atoms with E-state index in [9.17, 15) is 0 Å².